The molecular formula is C30H29FN2O6. The van der Waals surface area contributed by atoms with E-state index in [2.05, 4.69) is 0 Å². The van der Waals surface area contributed by atoms with Crippen LogP contribution in [-0.4, -0.2) is 55.5 Å². The number of methoxy groups -OCH3 is 2. The second kappa shape index (κ2) is 12.8. The summed E-state index contributed by atoms with van der Waals surface area (Å²) in [4.78, 5) is 43.1. The molecular weight excluding hydrogens is 503 g/mol. The molecule has 8 nitrogen and oxygen atoms in total. The van der Waals surface area contributed by atoms with E-state index in [1.807, 2.05) is 0 Å². The molecule has 0 spiro atoms. The summed E-state index contributed by atoms with van der Waals surface area (Å²) in [6, 6.07) is 19.3. The number of benzene rings is 3. The van der Waals surface area contributed by atoms with Gasteiger partial charge in [-0.3, -0.25) is 14.4 Å². The van der Waals surface area contributed by atoms with Crippen LogP contribution in [0.2, 0.25) is 0 Å². The Morgan fingerprint density at radius 3 is 2.44 bits per heavy atom. The lowest BCUT2D eigenvalue weighted by molar-refractivity contribution is -0.133. The first-order chi connectivity index (χ1) is 18.9. The predicted octanol–water partition coefficient (Wildman–Crippen LogP) is 4.26. The van der Waals surface area contributed by atoms with Crippen LogP contribution >= 0.6 is 0 Å². The van der Waals surface area contributed by atoms with Gasteiger partial charge in [-0.25, -0.2) is 4.39 Å². The Bertz CT molecular complexity index is 1500. The zero-order valence-corrected chi connectivity index (χ0v) is 21.8. The smallest absolute Gasteiger partial charge is 0.254 e. The number of hydrogen-bond acceptors (Lipinski definition) is 6. The zero-order valence-electron chi connectivity index (χ0n) is 21.8. The van der Waals surface area contributed by atoms with Crippen molar-refractivity contribution in [1.82, 2.24) is 9.80 Å². The SMILES string of the molecule is COCCN(CC(=O)N(Cc1ccc(F)cc1)Cc1coc2ccccc2c1=O)C(=O)c1cccc(OC)c1. The molecule has 4 aromatic rings. The first-order valence-corrected chi connectivity index (χ1v) is 12.3. The van der Waals surface area contributed by atoms with E-state index in [0.717, 1.165) is 0 Å². The fourth-order valence-electron chi connectivity index (χ4n) is 4.13. The van der Waals surface area contributed by atoms with Crippen LogP contribution in [0.1, 0.15) is 21.5 Å². The highest BCUT2D eigenvalue weighted by Gasteiger charge is 2.24. The molecule has 0 aliphatic carbocycles. The molecule has 0 radical (unpaired) electrons. The van der Waals surface area contributed by atoms with Gasteiger partial charge in [0.1, 0.15) is 23.7 Å². The summed E-state index contributed by atoms with van der Waals surface area (Å²) < 4.78 is 29.6. The van der Waals surface area contributed by atoms with E-state index >= 15 is 0 Å². The maximum atomic E-state index is 13.7. The molecule has 0 atom stereocenters. The molecule has 0 bridgehead atoms. The number of carbonyl (C=O) groups excluding carboxylic acids is 2. The van der Waals surface area contributed by atoms with Crippen molar-refractivity contribution in [1.29, 1.82) is 0 Å². The van der Waals surface area contributed by atoms with E-state index in [1.165, 1.54) is 42.4 Å². The Morgan fingerprint density at radius 2 is 1.69 bits per heavy atom. The molecule has 0 aliphatic heterocycles. The number of ether oxygens (including phenoxy) is 2. The van der Waals surface area contributed by atoms with Gasteiger partial charge in [0.2, 0.25) is 5.91 Å². The lowest BCUT2D eigenvalue weighted by atomic mass is 10.1. The van der Waals surface area contributed by atoms with Gasteiger partial charge in [0.05, 0.1) is 37.5 Å². The van der Waals surface area contributed by atoms with Crippen LogP contribution in [-0.2, 0) is 22.6 Å². The molecule has 4 rings (SSSR count). The fourth-order valence-corrected chi connectivity index (χ4v) is 4.13. The van der Waals surface area contributed by atoms with Crippen LogP contribution in [0.5, 0.6) is 5.75 Å². The van der Waals surface area contributed by atoms with Crippen LogP contribution in [0.25, 0.3) is 11.0 Å². The minimum Gasteiger partial charge on any atom is -0.497 e. The number of carbonyl (C=O) groups is 2. The molecule has 0 saturated carbocycles. The summed E-state index contributed by atoms with van der Waals surface area (Å²) in [6.07, 6.45) is 1.35. The summed E-state index contributed by atoms with van der Waals surface area (Å²) in [5.74, 6) is -0.660. The topological polar surface area (TPSA) is 89.3 Å². The van der Waals surface area contributed by atoms with Crippen molar-refractivity contribution in [2.75, 3.05) is 33.9 Å². The highest BCUT2D eigenvalue weighted by Crippen LogP contribution is 2.17. The van der Waals surface area contributed by atoms with Crippen molar-refractivity contribution >= 4 is 22.8 Å². The third kappa shape index (κ3) is 6.88. The molecule has 1 heterocycles. The van der Waals surface area contributed by atoms with Crippen molar-refractivity contribution in [2.45, 2.75) is 13.1 Å². The van der Waals surface area contributed by atoms with Crippen molar-refractivity contribution < 1.29 is 27.9 Å². The van der Waals surface area contributed by atoms with Gasteiger partial charge < -0.3 is 23.7 Å². The minimum absolute atomic E-state index is 0.0607. The largest absolute Gasteiger partial charge is 0.497 e. The van der Waals surface area contributed by atoms with Crippen LogP contribution in [0.3, 0.4) is 0 Å². The number of halogens is 1. The van der Waals surface area contributed by atoms with Crippen LogP contribution in [0.15, 0.2) is 88.3 Å². The highest BCUT2D eigenvalue weighted by atomic mass is 19.1. The van der Waals surface area contributed by atoms with Crippen LogP contribution in [0, 0.1) is 5.82 Å². The van der Waals surface area contributed by atoms with Crippen molar-refractivity contribution in [3.8, 4) is 5.75 Å². The van der Waals surface area contributed by atoms with Gasteiger partial charge in [0, 0.05) is 25.8 Å². The Morgan fingerprint density at radius 1 is 0.923 bits per heavy atom. The highest BCUT2D eigenvalue weighted by molar-refractivity contribution is 5.97. The van der Waals surface area contributed by atoms with Crippen LogP contribution < -0.4 is 10.2 Å². The standard InChI is InChI=1S/C30H29FN2O6/c1-37-15-14-32(30(36)22-6-5-7-25(16-22)38-2)19-28(34)33(17-21-10-12-24(31)13-11-21)18-23-20-39-27-9-4-3-8-26(27)29(23)35/h3-13,16,20H,14-15,17-19H2,1-2H3. The zero-order chi connectivity index (χ0) is 27.8. The molecule has 3 aromatic carbocycles. The van der Waals surface area contributed by atoms with E-state index in [0.29, 0.717) is 27.8 Å². The molecule has 0 aliphatic rings. The molecule has 0 fully saturated rings. The number of rotatable bonds is 11. The Labute approximate surface area is 225 Å². The maximum Gasteiger partial charge on any atom is 0.254 e. The van der Waals surface area contributed by atoms with Crippen LogP contribution in [0.4, 0.5) is 4.39 Å². The molecule has 202 valence electrons. The summed E-state index contributed by atoms with van der Waals surface area (Å²) in [7, 11) is 3.02. The third-order valence-corrected chi connectivity index (χ3v) is 6.25. The molecule has 0 saturated heterocycles. The summed E-state index contributed by atoms with van der Waals surface area (Å²) >= 11 is 0. The Kier molecular flexibility index (Phi) is 9.06. The molecule has 2 amide bonds. The average molecular weight is 533 g/mol. The Balaban J connectivity index is 1.63. The van der Waals surface area contributed by atoms with Gasteiger partial charge in [-0.2, -0.15) is 0 Å². The van der Waals surface area contributed by atoms with Gasteiger partial charge in [-0.05, 0) is 48.0 Å². The molecule has 39 heavy (non-hydrogen) atoms. The number of hydrogen-bond donors (Lipinski definition) is 0. The number of fused-ring (bicyclic) bond motifs is 1. The van der Waals surface area contributed by atoms with E-state index in [-0.39, 0.29) is 49.7 Å². The van der Waals surface area contributed by atoms with Gasteiger partial charge in [-0.15, -0.1) is 0 Å². The molecule has 9 heteroatoms. The van der Waals surface area contributed by atoms with Crippen molar-refractivity contribution in [3.63, 3.8) is 0 Å². The van der Waals surface area contributed by atoms with Gasteiger partial charge in [0.25, 0.3) is 5.91 Å². The number of amides is 2. The van der Waals surface area contributed by atoms with Crippen molar-refractivity contribution in [2.24, 2.45) is 0 Å². The normalized spacial score (nSPS) is 10.8. The van der Waals surface area contributed by atoms with E-state index in [4.69, 9.17) is 13.9 Å². The lowest BCUT2D eigenvalue weighted by Gasteiger charge is -2.28. The van der Waals surface area contributed by atoms with E-state index in [1.54, 1.807) is 60.7 Å². The summed E-state index contributed by atoms with van der Waals surface area (Å²) in [5, 5.41) is 0.402. The maximum absolute atomic E-state index is 13.7. The quantitative estimate of drug-likeness (QED) is 0.287. The van der Waals surface area contributed by atoms with E-state index in [9.17, 15) is 18.8 Å². The molecule has 1 aromatic heterocycles. The second-order valence-corrected chi connectivity index (χ2v) is 8.91. The first-order valence-electron chi connectivity index (χ1n) is 12.3. The van der Waals surface area contributed by atoms with E-state index < -0.39 is 11.7 Å². The average Bonchev–Trinajstić information content (AvgIpc) is 2.97. The minimum atomic E-state index is -0.403. The summed E-state index contributed by atoms with van der Waals surface area (Å²) in [6.45, 7) is 0.154. The van der Waals surface area contributed by atoms with Crippen molar-refractivity contribution in [3.05, 3.63) is 112 Å². The van der Waals surface area contributed by atoms with Gasteiger partial charge in [0.15, 0.2) is 5.43 Å². The first kappa shape index (κ1) is 27.5. The number of para-hydroxylation sites is 1. The monoisotopic (exact) mass is 532 g/mol. The number of nitrogens with zero attached hydrogens (tertiary/aromatic N) is 2. The molecule has 0 N–H and O–H groups in total. The summed E-state index contributed by atoms with van der Waals surface area (Å²) in [5.41, 5.74) is 1.50. The predicted molar refractivity (Wildman–Crippen MR) is 144 cm³/mol. The molecule has 0 unspecified atom stereocenters. The lowest BCUT2D eigenvalue weighted by Crippen LogP contribution is -2.44. The fraction of sp³-hybridized carbons (Fsp3) is 0.233. The second-order valence-electron chi connectivity index (χ2n) is 8.91. The van der Waals surface area contributed by atoms with Gasteiger partial charge >= 0.3 is 0 Å². The Hall–Kier alpha value is -4.50. The van der Waals surface area contributed by atoms with Gasteiger partial charge in [-0.1, -0.05) is 30.3 Å². The third-order valence-electron chi connectivity index (χ3n) is 6.25.